The molecule has 2 N–H and O–H groups in total. The lowest BCUT2D eigenvalue weighted by Gasteiger charge is -2.01. The van der Waals surface area contributed by atoms with Gasteiger partial charge in [0.15, 0.2) is 5.82 Å². The molecule has 5 nitrogen and oxygen atoms in total. The van der Waals surface area contributed by atoms with Crippen LogP contribution in [0, 0.1) is 6.92 Å². The SMILES string of the molecule is Cc1ccc(-n2nnc(CN)n2)cc1Cl. The van der Waals surface area contributed by atoms with Crippen molar-refractivity contribution in [3.63, 3.8) is 0 Å². The lowest BCUT2D eigenvalue weighted by molar-refractivity contribution is 0.717. The van der Waals surface area contributed by atoms with Gasteiger partial charge in [0.1, 0.15) is 0 Å². The molecule has 0 aliphatic rings. The van der Waals surface area contributed by atoms with E-state index < -0.39 is 0 Å². The number of hydrogen-bond acceptors (Lipinski definition) is 4. The fourth-order valence-corrected chi connectivity index (χ4v) is 1.32. The number of rotatable bonds is 2. The molecule has 0 aliphatic carbocycles. The van der Waals surface area contributed by atoms with E-state index in [2.05, 4.69) is 15.4 Å². The first-order valence-electron chi connectivity index (χ1n) is 4.46. The highest BCUT2D eigenvalue weighted by atomic mass is 35.5. The van der Waals surface area contributed by atoms with Crippen LogP contribution in [0.3, 0.4) is 0 Å². The van der Waals surface area contributed by atoms with E-state index in [0.29, 0.717) is 10.8 Å². The normalized spacial score (nSPS) is 10.6. The van der Waals surface area contributed by atoms with Gasteiger partial charge in [0.25, 0.3) is 0 Å². The molecular formula is C9H10ClN5. The maximum Gasteiger partial charge on any atom is 0.188 e. The summed E-state index contributed by atoms with van der Waals surface area (Å²) in [6.07, 6.45) is 0. The van der Waals surface area contributed by atoms with Gasteiger partial charge in [0, 0.05) is 5.02 Å². The molecule has 0 spiro atoms. The summed E-state index contributed by atoms with van der Waals surface area (Å²) >= 11 is 5.99. The molecular weight excluding hydrogens is 214 g/mol. The van der Waals surface area contributed by atoms with Gasteiger partial charge >= 0.3 is 0 Å². The predicted octanol–water partition coefficient (Wildman–Crippen LogP) is 1.08. The Kier molecular flexibility index (Phi) is 2.66. The van der Waals surface area contributed by atoms with Gasteiger partial charge in [-0.15, -0.1) is 15.0 Å². The first-order chi connectivity index (χ1) is 7.20. The monoisotopic (exact) mass is 223 g/mol. The van der Waals surface area contributed by atoms with Crippen molar-refractivity contribution in [1.29, 1.82) is 0 Å². The van der Waals surface area contributed by atoms with Crippen LogP contribution in [0.15, 0.2) is 18.2 Å². The van der Waals surface area contributed by atoms with E-state index >= 15 is 0 Å². The number of tetrazole rings is 1. The van der Waals surface area contributed by atoms with Crippen molar-refractivity contribution in [3.8, 4) is 5.69 Å². The van der Waals surface area contributed by atoms with Crippen LogP contribution in [0.5, 0.6) is 0 Å². The summed E-state index contributed by atoms with van der Waals surface area (Å²) in [5, 5.41) is 12.4. The zero-order valence-electron chi connectivity index (χ0n) is 8.18. The van der Waals surface area contributed by atoms with E-state index in [9.17, 15) is 0 Å². The molecule has 0 radical (unpaired) electrons. The van der Waals surface area contributed by atoms with Crippen LogP contribution < -0.4 is 5.73 Å². The van der Waals surface area contributed by atoms with Gasteiger partial charge in [-0.3, -0.25) is 0 Å². The Balaban J connectivity index is 2.40. The Morgan fingerprint density at radius 1 is 1.47 bits per heavy atom. The zero-order valence-corrected chi connectivity index (χ0v) is 8.94. The van der Waals surface area contributed by atoms with Gasteiger partial charge < -0.3 is 5.73 Å². The second-order valence-electron chi connectivity index (χ2n) is 3.13. The van der Waals surface area contributed by atoms with E-state index in [1.165, 1.54) is 4.80 Å². The number of benzene rings is 1. The smallest absolute Gasteiger partial charge is 0.188 e. The Morgan fingerprint density at radius 2 is 2.27 bits per heavy atom. The first-order valence-corrected chi connectivity index (χ1v) is 4.84. The van der Waals surface area contributed by atoms with E-state index in [-0.39, 0.29) is 6.54 Å². The Hall–Kier alpha value is -1.46. The number of hydrogen-bond donors (Lipinski definition) is 1. The van der Waals surface area contributed by atoms with Crippen LogP contribution in [0.1, 0.15) is 11.4 Å². The zero-order chi connectivity index (χ0) is 10.8. The second kappa shape index (κ2) is 3.96. The lowest BCUT2D eigenvalue weighted by atomic mass is 10.2. The average molecular weight is 224 g/mol. The summed E-state index contributed by atoms with van der Waals surface area (Å²) in [4.78, 5) is 1.41. The molecule has 2 rings (SSSR count). The molecule has 2 aromatic rings. The standard InChI is InChI=1S/C9H10ClN5/c1-6-2-3-7(4-8(6)10)15-13-9(5-11)12-14-15/h2-4H,5,11H2,1H3. The number of aryl methyl sites for hydroxylation is 1. The molecule has 1 heterocycles. The average Bonchev–Trinajstić information content (AvgIpc) is 2.70. The largest absolute Gasteiger partial charge is 0.324 e. The molecule has 0 unspecified atom stereocenters. The maximum absolute atomic E-state index is 5.99. The lowest BCUT2D eigenvalue weighted by Crippen LogP contribution is -2.02. The van der Waals surface area contributed by atoms with E-state index in [0.717, 1.165) is 11.3 Å². The number of nitrogens with zero attached hydrogens (tertiary/aromatic N) is 4. The summed E-state index contributed by atoms with van der Waals surface area (Å²) < 4.78 is 0. The molecule has 0 saturated carbocycles. The minimum Gasteiger partial charge on any atom is -0.324 e. The third kappa shape index (κ3) is 1.98. The highest BCUT2D eigenvalue weighted by molar-refractivity contribution is 6.31. The summed E-state index contributed by atoms with van der Waals surface area (Å²) in [6, 6.07) is 5.57. The molecule has 78 valence electrons. The fraction of sp³-hybridized carbons (Fsp3) is 0.222. The summed E-state index contributed by atoms with van der Waals surface area (Å²) in [5.41, 5.74) is 7.18. The minimum absolute atomic E-state index is 0.277. The number of aromatic nitrogens is 4. The third-order valence-electron chi connectivity index (χ3n) is 2.02. The van der Waals surface area contributed by atoms with Gasteiger partial charge in [-0.2, -0.15) is 0 Å². The molecule has 0 atom stereocenters. The molecule has 0 aliphatic heterocycles. The van der Waals surface area contributed by atoms with E-state index in [4.69, 9.17) is 17.3 Å². The number of halogens is 1. The van der Waals surface area contributed by atoms with Crippen molar-refractivity contribution in [3.05, 3.63) is 34.6 Å². The van der Waals surface area contributed by atoms with E-state index in [1.54, 1.807) is 6.07 Å². The summed E-state index contributed by atoms with van der Waals surface area (Å²) in [5.74, 6) is 0.506. The van der Waals surface area contributed by atoms with Gasteiger partial charge in [-0.25, -0.2) is 0 Å². The van der Waals surface area contributed by atoms with Gasteiger partial charge in [0.2, 0.25) is 0 Å². The van der Waals surface area contributed by atoms with Gasteiger partial charge in [-0.05, 0) is 29.8 Å². The van der Waals surface area contributed by atoms with Gasteiger partial charge in [0.05, 0.1) is 12.2 Å². The molecule has 0 amide bonds. The molecule has 0 saturated heterocycles. The van der Waals surface area contributed by atoms with Crippen molar-refractivity contribution in [2.24, 2.45) is 5.73 Å². The minimum atomic E-state index is 0.277. The van der Waals surface area contributed by atoms with Crippen molar-refractivity contribution in [2.75, 3.05) is 0 Å². The highest BCUT2D eigenvalue weighted by Crippen LogP contribution is 2.18. The van der Waals surface area contributed by atoms with E-state index in [1.807, 2.05) is 19.1 Å². The first kappa shape index (κ1) is 10.1. The predicted molar refractivity (Wildman–Crippen MR) is 56.8 cm³/mol. The van der Waals surface area contributed by atoms with Crippen LogP contribution in [0.4, 0.5) is 0 Å². The molecule has 0 bridgehead atoms. The fourth-order valence-electron chi connectivity index (χ4n) is 1.14. The number of nitrogens with two attached hydrogens (primary N) is 1. The summed E-state index contributed by atoms with van der Waals surface area (Å²) in [6.45, 7) is 2.21. The molecule has 15 heavy (non-hydrogen) atoms. The Morgan fingerprint density at radius 3 is 2.87 bits per heavy atom. The highest BCUT2D eigenvalue weighted by Gasteiger charge is 2.04. The Bertz CT molecular complexity index is 479. The summed E-state index contributed by atoms with van der Waals surface area (Å²) in [7, 11) is 0. The Labute approximate surface area is 91.8 Å². The van der Waals surface area contributed by atoms with Gasteiger partial charge in [-0.1, -0.05) is 17.7 Å². The molecule has 0 fully saturated rings. The van der Waals surface area contributed by atoms with Crippen molar-refractivity contribution >= 4 is 11.6 Å². The molecule has 1 aromatic carbocycles. The van der Waals surface area contributed by atoms with Crippen LogP contribution >= 0.6 is 11.6 Å². The van der Waals surface area contributed by atoms with Crippen LogP contribution in [0.25, 0.3) is 5.69 Å². The van der Waals surface area contributed by atoms with Crippen molar-refractivity contribution in [1.82, 2.24) is 20.2 Å². The second-order valence-corrected chi connectivity index (χ2v) is 3.54. The van der Waals surface area contributed by atoms with Crippen molar-refractivity contribution < 1.29 is 0 Å². The van der Waals surface area contributed by atoms with Crippen LogP contribution in [-0.4, -0.2) is 20.2 Å². The van der Waals surface area contributed by atoms with Crippen LogP contribution in [-0.2, 0) is 6.54 Å². The van der Waals surface area contributed by atoms with Crippen LogP contribution in [0.2, 0.25) is 5.02 Å². The maximum atomic E-state index is 5.99. The topological polar surface area (TPSA) is 69.6 Å². The molecule has 6 heteroatoms. The third-order valence-corrected chi connectivity index (χ3v) is 2.43. The molecule has 1 aromatic heterocycles. The van der Waals surface area contributed by atoms with Crippen molar-refractivity contribution in [2.45, 2.75) is 13.5 Å². The quantitative estimate of drug-likeness (QED) is 0.827.